The van der Waals surface area contributed by atoms with Gasteiger partial charge in [0.1, 0.15) is 5.76 Å². The highest BCUT2D eigenvalue weighted by atomic mass is 32.2. The number of nitrogens with zero attached hydrogens (tertiary/aromatic N) is 1. The predicted molar refractivity (Wildman–Crippen MR) is 75.5 cm³/mol. The van der Waals surface area contributed by atoms with Crippen LogP contribution < -0.4 is 10.5 Å². The number of oxazole rings is 1. The number of nitrogens with one attached hydrogen (secondary N) is 1. The van der Waals surface area contributed by atoms with Crippen LogP contribution >= 0.6 is 0 Å². The monoisotopic (exact) mass is 295 g/mol. The van der Waals surface area contributed by atoms with Gasteiger partial charge in [-0.25, -0.2) is 18.1 Å². The Morgan fingerprint density at radius 3 is 2.75 bits per heavy atom. The van der Waals surface area contributed by atoms with Crippen molar-refractivity contribution in [1.29, 1.82) is 0 Å². The summed E-state index contributed by atoms with van der Waals surface area (Å²) >= 11 is 0. The zero-order valence-corrected chi connectivity index (χ0v) is 12.2. The first-order valence-electron chi connectivity index (χ1n) is 6.21. The van der Waals surface area contributed by atoms with Gasteiger partial charge in [0, 0.05) is 12.1 Å². The lowest BCUT2D eigenvalue weighted by molar-refractivity contribution is 0.452. The molecular weight excluding hydrogens is 278 g/mol. The largest absolute Gasteiger partial charge is 0.444 e. The summed E-state index contributed by atoms with van der Waals surface area (Å²) < 4.78 is 32.0. The van der Waals surface area contributed by atoms with E-state index in [4.69, 9.17) is 10.2 Å². The smallest absolute Gasteiger partial charge is 0.241 e. The van der Waals surface area contributed by atoms with Gasteiger partial charge in [0.05, 0.1) is 17.6 Å². The summed E-state index contributed by atoms with van der Waals surface area (Å²) in [6.07, 6.45) is 2.31. The van der Waals surface area contributed by atoms with Crippen LogP contribution in [0.3, 0.4) is 0 Å². The maximum Gasteiger partial charge on any atom is 0.241 e. The summed E-state index contributed by atoms with van der Waals surface area (Å²) in [7, 11) is -3.60. The Morgan fingerprint density at radius 1 is 1.40 bits per heavy atom. The lowest BCUT2D eigenvalue weighted by Gasteiger charge is -2.07. The van der Waals surface area contributed by atoms with Crippen LogP contribution in [0.4, 0.5) is 5.69 Å². The van der Waals surface area contributed by atoms with Crippen molar-refractivity contribution < 1.29 is 12.8 Å². The van der Waals surface area contributed by atoms with E-state index in [0.717, 1.165) is 17.7 Å². The molecule has 0 spiro atoms. The first-order valence-corrected chi connectivity index (χ1v) is 7.70. The van der Waals surface area contributed by atoms with Crippen molar-refractivity contribution in [3.8, 4) is 0 Å². The number of nitrogen functional groups attached to an aromatic ring is 1. The number of aryl methyl sites for hydroxylation is 2. The summed E-state index contributed by atoms with van der Waals surface area (Å²) in [4.78, 5) is 4.17. The Labute approximate surface area is 118 Å². The molecule has 0 bridgehead atoms. The number of anilines is 1. The van der Waals surface area contributed by atoms with Gasteiger partial charge >= 0.3 is 0 Å². The van der Waals surface area contributed by atoms with Crippen molar-refractivity contribution in [2.75, 3.05) is 5.73 Å². The molecule has 0 aliphatic carbocycles. The van der Waals surface area contributed by atoms with Crippen LogP contribution in [-0.4, -0.2) is 13.4 Å². The molecule has 0 atom stereocenters. The molecule has 0 aliphatic rings. The zero-order chi connectivity index (χ0) is 14.8. The van der Waals surface area contributed by atoms with Crippen LogP contribution in [0.2, 0.25) is 0 Å². The average molecular weight is 295 g/mol. The molecule has 1 aromatic carbocycles. The Bertz CT molecular complexity index is 707. The van der Waals surface area contributed by atoms with E-state index in [0.29, 0.717) is 11.6 Å². The maximum absolute atomic E-state index is 12.1. The highest BCUT2D eigenvalue weighted by Crippen LogP contribution is 2.17. The second-order valence-corrected chi connectivity index (χ2v) is 6.18. The summed E-state index contributed by atoms with van der Waals surface area (Å²) in [6.45, 7) is 3.72. The lowest BCUT2D eigenvalue weighted by Crippen LogP contribution is -2.23. The molecule has 2 rings (SSSR count). The highest BCUT2D eigenvalue weighted by Gasteiger charge is 2.15. The summed E-state index contributed by atoms with van der Waals surface area (Å²) in [6, 6.07) is 4.58. The van der Waals surface area contributed by atoms with Crippen molar-refractivity contribution in [2.45, 2.75) is 31.7 Å². The third kappa shape index (κ3) is 3.17. The van der Waals surface area contributed by atoms with Gasteiger partial charge < -0.3 is 10.2 Å². The Morgan fingerprint density at radius 2 is 2.15 bits per heavy atom. The normalized spacial score (nSPS) is 11.7. The predicted octanol–water partition coefficient (Wildman–Crippen LogP) is 1.61. The van der Waals surface area contributed by atoms with Crippen LogP contribution in [0.5, 0.6) is 0 Å². The van der Waals surface area contributed by atoms with E-state index in [1.165, 1.54) is 12.1 Å². The summed E-state index contributed by atoms with van der Waals surface area (Å²) in [5, 5.41) is 0. The molecule has 20 heavy (non-hydrogen) atoms. The number of hydrogen-bond acceptors (Lipinski definition) is 5. The Hall–Kier alpha value is -1.86. The zero-order valence-electron chi connectivity index (χ0n) is 11.4. The van der Waals surface area contributed by atoms with Crippen LogP contribution in [0.25, 0.3) is 0 Å². The third-order valence-electron chi connectivity index (χ3n) is 2.91. The molecule has 0 amide bonds. The van der Waals surface area contributed by atoms with E-state index in [-0.39, 0.29) is 11.4 Å². The molecule has 108 valence electrons. The van der Waals surface area contributed by atoms with Gasteiger partial charge in [-0.2, -0.15) is 0 Å². The molecule has 7 heteroatoms. The van der Waals surface area contributed by atoms with Crippen LogP contribution in [0, 0.1) is 6.92 Å². The van der Waals surface area contributed by atoms with Gasteiger partial charge in [-0.3, -0.25) is 0 Å². The van der Waals surface area contributed by atoms with E-state index in [2.05, 4.69) is 9.71 Å². The van der Waals surface area contributed by atoms with Gasteiger partial charge in [-0.15, -0.1) is 0 Å². The first kappa shape index (κ1) is 14.5. The minimum absolute atomic E-state index is 0.0196. The number of hydrogen-bond donors (Lipinski definition) is 2. The van der Waals surface area contributed by atoms with Crippen molar-refractivity contribution in [2.24, 2.45) is 0 Å². The average Bonchev–Trinajstić information content (AvgIpc) is 2.87. The minimum atomic E-state index is -3.60. The minimum Gasteiger partial charge on any atom is -0.444 e. The van der Waals surface area contributed by atoms with E-state index in [1.807, 2.05) is 6.92 Å². The topological polar surface area (TPSA) is 98.2 Å². The standard InChI is InChI=1S/C13H17N3O3S/c1-3-10-7-15-13(19-10)8-16-20(17,18)11-4-5-12(14)9(2)6-11/h4-7,16H,3,8,14H2,1-2H3. The molecule has 6 nitrogen and oxygen atoms in total. The van der Waals surface area contributed by atoms with Crippen LogP contribution in [-0.2, 0) is 23.0 Å². The molecule has 0 saturated heterocycles. The van der Waals surface area contributed by atoms with Gasteiger partial charge in [-0.05, 0) is 30.7 Å². The molecule has 0 fully saturated rings. The third-order valence-corrected chi connectivity index (χ3v) is 4.31. The molecule has 0 saturated carbocycles. The maximum atomic E-state index is 12.1. The first-order chi connectivity index (χ1) is 9.42. The molecule has 2 aromatic rings. The van der Waals surface area contributed by atoms with Crippen LogP contribution in [0.1, 0.15) is 24.1 Å². The summed E-state index contributed by atoms with van der Waals surface area (Å²) in [5.41, 5.74) is 6.95. The molecule has 0 unspecified atom stereocenters. The fourth-order valence-electron chi connectivity index (χ4n) is 1.65. The van der Waals surface area contributed by atoms with Gasteiger partial charge in [0.25, 0.3) is 0 Å². The quantitative estimate of drug-likeness (QED) is 0.816. The fourth-order valence-corrected chi connectivity index (χ4v) is 2.71. The fraction of sp³-hybridized carbons (Fsp3) is 0.308. The lowest BCUT2D eigenvalue weighted by atomic mass is 10.2. The van der Waals surface area contributed by atoms with E-state index in [9.17, 15) is 8.42 Å². The molecule has 0 radical (unpaired) electrons. The molecule has 3 N–H and O–H groups in total. The van der Waals surface area contributed by atoms with E-state index < -0.39 is 10.0 Å². The van der Waals surface area contributed by atoms with E-state index >= 15 is 0 Å². The second kappa shape index (κ2) is 5.64. The van der Waals surface area contributed by atoms with Crippen molar-refractivity contribution >= 4 is 15.7 Å². The van der Waals surface area contributed by atoms with Crippen molar-refractivity contribution in [3.05, 3.63) is 41.6 Å². The molecule has 1 aromatic heterocycles. The number of sulfonamides is 1. The Balaban J connectivity index is 2.12. The molecule has 0 aliphatic heterocycles. The number of nitrogens with two attached hydrogens (primary N) is 1. The van der Waals surface area contributed by atoms with Gasteiger partial charge in [0.2, 0.25) is 15.9 Å². The van der Waals surface area contributed by atoms with Crippen LogP contribution in [0.15, 0.2) is 33.7 Å². The summed E-state index contributed by atoms with van der Waals surface area (Å²) in [5.74, 6) is 1.07. The van der Waals surface area contributed by atoms with Gasteiger partial charge in [0.15, 0.2) is 0 Å². The number of benzene rings is 1. The Kier molecular flexibility index (Phi) is 4.10. The van der Waals surface area contributed by atoms with E-state index in [1.54, 1.807) is 19.2 Å². The molecular formula is C13H17N3O3S. The highest BCUT2D eigenvalue weighted by molar-refractivity contribution is 7.89. The van der Waals surface area contributed by atoms with Crippen molar-refractivity contribution in [1.82, 2.24) is 9.71 Å². The van der Waals surface area contributed by atoms with Gasteiger partial charge in [-0.1, -0.05) is 6.92 Å². The van der Waals surface area contributed by atoms with Crippen molar-refractivity contribution in [3.63, 3.8) is 0 Å². The number of aromatic nitrogens is 1. The SMILES string of the molecule is CCc1cnc(CNS(=O)(=O)c2ccc(N)c(C)c2)o1. The second-order valence-electron chi connectivity index (χ2n) is 4.42. The molecule has 1 heterocycles. The number of rotatable bonds is 5.